The number of rotatable bonds is 5. The molecule has 1 fully saturated rings. The predicted molar refractivity (Wildman–Crippen MR) is 82.6 cm³/mol. The summed E-state index contributed by atoms with van der Waals surface area (Å²) in [5.74, 6) is 0.615. The number of hydrogen-bond donors (Lipinski definition) is 1. The molecular weight excluding hydrogens is 232 g/mol. The Hall–Kier alpha value is -0.860. The number of hydrogen-bond acceptors (Lipinski definition) is 2. The summed E-state index contributed by atoms with van der Waals surface area (Å²) < 4.78 is 0. The Morgan fingerprint density at radius 1 is 1.16 bits per heavy atom. The van der Waals surface area contributed by atoms with E-state index in [4.69, 9.17) is 0 Å². The molecule has 1 heterocycles. The van der Waals surface area contributed by atoms with Crippen LogP contribution in [0, 0.1) is 0 Å². The molecule has 106 valence electrons. The molecule has 0 spiro atoms. The normalized spacial score (nSPS) is 22.1. The van der Waals surface area contributed by atoms with Gasteiger partial charge in [0.15, 0.2) is 0 Å². The fraction of sp³-hybridized carbons (Fsp3) is 0.647. The van der Waals surface area contributed by atoms with Crippen molar-refractivity contribution in [2.75, 3.05) is 20.1 Å². The maximum absolute atomic E-state index is 3.68. The van der Waals surface area contributed by atoms with E-state index >= 15 is 0 Å². The molecule has 1 saturated heterocycles. The van der Waals surface area contributed by atoms with Gasteiger partial charge in [0.1, 0.15) is 0 Å². The van der Waals surface area contributed by atoms with Gasteiger partial charge in [0.2, 0.25) is 0 Å². The van der Waals surface area contributed by atoms with E-state index in [1.165, 1.54) is 30.5 Å². The van der Waals surface area contributed by atoms with Crippen molar-refractivity contribution in [3.63, 3.8) is 0 Å². The van der Waals surface area contributed by atoms with E-state index < -0.39 is 0 Å². The smallest absolute Gasteiger partial charge is 0.0292 e. The van der Waals surface area contributed by atoms with Crippen LogP contribution in [0.15, 0.2) is 24.3 Å². The molecule has 2 rings (SSSR count). The van der Waals surface area contributed by atoms with Crippen molar-refractivity contribution in [3.8, 4) is 0 Å². The third-order valence-corrected chi connectivity index (χ3v) is 4.43. The SMILES string of the molecule is CC(C)c1ccc(C(C)NCC2CCCN2C)cc1. The van der Waals surface area contributed by atoms with Gasteiger partial charge < -0.3 is 10.2 Å². The minimum atomic E-state index is 0.440. The maximum Gasteiger partial charge on any atom is 0.0292 e. The second-order valence-electron chi connectivity index (χ2n) is 6.23. The van der Waals surface area contributed by atoms with Crippen LogP contribution in [0.25, 0.3) is 0 Å². The summed E-state index contributed by atoms with van der Waals surface area (Å²) in [5, 5.41) is 3.68. The molecule has 0 amide bonds. The molecular formula is C17H28N2. The molecule has 2 nitrogen and oxygen atoms in total. The second kappa shape index (κ2) is 6.53. The number of likely N-dealkylation sites (N-methyl/N-ethyl adjacent to an activating group) is 1. The van der Waals surface area contributed by atoms with Crippen molar-refractivity contribution in [2.24, 2.45) is 0 Å². The van der Waals surface area contributed by atoms with Crippen molar-refractivity contribution >= 4 is 0 Å². The molecule has 0 aliphatic carbocycles. The Morgan fingerprint density at radius 2 is 1.79 bits per heavy atom. The molecule has 0 aromatic heterocycles. The van der Waals surface area contributed by atoms with Gasteiger partial charge in [-0.25, -0.2) is 0 Å². The van der Waals surface area contributed by atoms with Crippen LogP contribution in [-0.4, -0.2) is 31.1 Å². The van der Waals surface area contributed by atoms with Crippen molar-refractivity contribution < 1.29 is 0 Å². The van der Waals surface area contributed by atoms with Crippen molar-refractivity contribution in [2.45, 2.75) is 51.6 Å². The minimum Gasteiger partial charge on any atom is -0.309 e. The summed E-state index contributed by atoms with van der Waals surface area (Å²) in [6.45, 7) is 9.10. The molecule has 1 aromatic carbocycles. The Bertz CT molecular complexity index is 383. The lowest BCUT2D eigenvalue weighted by Gasteiger charge is -2.23. The average Bonchev–Trinajstić information content (AvgIpc) is 2.81. The van der Waals surface area contributed by atoms with Gasteiger partial charge in [-0.3, -0.25) is 0 Å². The molecule has 1 N–H and O–H groups in total. The van der Waals surface area contributed by atoms with E-state index in [1.54, 1.807) is 0 Å². The zero-order chi connectivity index (χ0) is 13.8. The standard InChI is InChI=1S/C17H28N2/c1-13(2)15-7-9-16(10-8-15)14(3)18-12-17-6-5-11-19(17)4/h7-10,13-14,17-18H,5-6,11-12H2,1-4H3. The van der Waals surface area contributed by atoms with Crippen LogP contribution in [0.5, 0.6) is 0 Å². The molecule has 2 heteroatoms. The van der Waals surface area contributed by atoms with Crippen LogP contribution >= 0.6 is 0 Å². The average molecular weight is 260 g/mol. The molecule has 1 aliphatic heterocycles. The largest absolute Gasteiger partial charge is 0.309 e. The van der Waals surface area contributed by atoms with Gasteiger partial charge in [-0.2, -0.15) is 0 Å². The first-order valence-corrected chi connectivity index (χ1v) is 7.61. The van der Waals surface area contributed by atoms with Crippen LogP contribution in [0.1, 0.15) is 56.7 Å². The van der Waals surface area contributed by atoms with E-state index in [1.807, 2.05) is 0 Å². The number of nitrogens with zero attached hydrogens (tertiary/aromatic N) is 1. The summed E-state index contributed by atoms with van der Waals surface area (Å²) in [6.07, 6.45) is 2.68. The first-order valence-electron chi connectivity index (χ1n) is 7.61. The molecule has 0 bridgehead atoms. The fourth-order valence-corrected chi connectivity index (χ4v) is 2.84. The fourth-order valence-electron chi connectivity index (χ4n) is 2.84. The number of likely N-dealkylation sites (tertiary alicyclic amines) is 1. The monoisotopic (exact) mass is 260 g/mol. The summed E-state index contributed by atoms with van der Waals surface area (Å²) in [7, 11) is 2.24. The van der Waals surface area contributed by atoms with Crippen molar-refractivity contribution in [1.82, 2.24) is 10.2 Å². The Balaban J connectivity index is 1.87. The number of nitrogens with one attached hydrogen (secondary N) is 1. The van der Waals surface area contributed by atoms with Gasteiger partial charge in [0, 0.05) is 18.6 Å². The van der Waals surface area contributed by atoms with E-state index in [2.05, 4.69) is 62.3 Å². The van der Waals surface area contributed by atoms with Gasteiger partial charge in [-0.1, -0.05) is 38.1 Å². The summed E-state index contributed by atoms with van der Waals surface area (Å²) in [4.78, 5) is 2.47. The molecule has 2 atom stereocenters. The summed E-state index contributed by atoms with van der Waals surface area (Å²) in [6, 6.07) is 10.2. The first kappa shape index (κ1) is 14.5. The summed E-state index contributed by atoms with van der Waals surface area (Å²) in [5.41, 5.74) is 2.82. The van der Waals surface area contributed by atoms with Crippen LogP contribution in [-0.2, 0) is 0 Å². The van der Waals surface area contributed by atoms with Crippen LogP contribution in [0.3, 0.4) is 0 Å². The highest BCUT2D eigenvalue weighted by atomic mass is 15.2. The van der Waals surface area contributed by atoms with Gasteiger partial charge in [0.25, 0.3) is 0 Å². The first-order chi connectivity index (χ1) is 9.08. The van der Waals surface area contributed by atoms with E-state index in [0.717, 1.165) is 12.6 Å². The lowest BCUT2D eigenvalue weighted by molar-refractivity contribution is 0.293. The topological polar surface area (TPSA) is 15.3 Å². The van der Waals surface area contributed by atoms with E-state index in [9.17, 15) is 0 Å². The molecule has 19 heavy (non-hydrogen) atoms. The van der Waals surface area contributed by atoms with E-state index in [-0.39, 0.29) is 0 Å². The van der Waals surface area contributed by atoms with Crippen molar-refractivity contribution in [3.05, 3.63) is 35.4 Å². The van der Waals surface area contributed by atoms with E-state index in [0.29, 0.717) is 12.0 Å². The van der Waals surface area contributed by atoms with Crippen LogP contribution in [0.4, 0.5) is 0 Å². The molecule has 0 radical (unpaired) electrons. The lowest BCUT2D eigenvalue weighted by Crippen LogP contribution is -2.36. The zero-order valence-electron chi connectivity index (χ0n) is 12.8. The summed E-state index contributed by atoms with van der Waals surface area (Å²) >= 11 is 0. The van der Waals surface area contributed by atoms with Gasteiger partial charge in [0.05, 0.1) is 0 Å². The van der Waals surface area contributed by atoms with Crippen LogP contribution < -0.4 is 5.32 Å². The van der Waals surface area contributed by atoms with Gasteiger partial charge >= 0.3 is 0 Å². The maximum atomic E-state index is 3.68. The molecule has 2 unspecified atom stereocenters. The zero-order valence-corrected chi connectivity index (χ0v) is 12.8. The lowest BCUT2D eigenvalue weighted by atomic mass is 9.99. The van der Waals surface area contributed by atoms with Crippen molar-refractivity contribution in [1.29, 1.82) is 0 Å². The highest BCUT2D eigenvalue weighted by molar-refractivity contribution is 5.26. The third kappa shape index (κ3) is 3.80. The highest BCUT2D eigenvalue weighted by Crippen LogP contribution is 2.19. The quantitative estimate of drug-likeness (QED) is 0.871. The van der Waals surface area contributed by atoms with Gasteiger partial charge in [-0.15, -0.1) is 0 Å². The molecule has 1 aliphatic rings. The minimum absolute atomic E-state index is 0.440. The Morgan fingerprint density at radius 3 is 2.32 bits per heavy atom. The number of benzene rings is 1. The molecule has 1 aromatic rings. The third-order valence-electron chi connectivity index (χ3n) is 4.43. The van der Waals surface area contributed by atoms with Crippen LogP contribution in [0.2, 0.25) is 0 Å². The second-order valence-corrected chi connectivity index (χ2v) is 6.23. The Labute approximate surface area is 118 Å². The van der Waals surface area contributed by atoms with Gasteiger partial charge in [-0.05, 0) is 50.4 Å². The predicted octanol–water partition coefficient (Wildman–Crippen LogP) is 3.55. The Kier molecular flexibility index (Phi) is 5.00. The molecule has 0 saturated carbocycles. The highest BCUT2D eigenvalue weighted by Gasteiger charge is 2.20.